The van der Waals surface area contributed by atoms with E-state index in [-0.39, 0.29) is 18.1 Å². The maximum atomic E-state index is 13.4. The summed E-state index contributed by atoms with van der Waals surface area (Å²) >= 11 is 0. The smallest absolute Gasteiger partial charge is 0.213 e. The number of ether oxygens (including phenoxy) is 1. The van der Waals surface area contributed by atoms with Crippen molar-refractivity contribution in [2.75, 3.05) is 0 Å². The van der Waals surface area contributed by atoms with Gasteiger partial charge >= 0.3 is 0 Å². The highest BCUT2D eigenvalue weighted by Gasteiger charge is 2.40. The van der Waals surface area contributed by atoms with E-state index >= 15 is 0 Å². The van der Waals surface area contributed by atoms with Crippen LogP contribution in [0, 0.1) is 12.7 Å². The summed E-state index contributed by atoms with van der Waals surface area (Å²) in [5.74, 6) is 0.616. The number of hydrazone groups is 1. The van der Waals surface area contributed by atoms with Crippen molar-refractivity contribution < 1.29 is 9.13 Å². The van der Waals surface area contributed by atoms with E-state index in [0.717, 1.165) is 34.6 Å². The fourth-order valence-corrected chi connectivity index (χ4v) is 3.80. The molecule has 0 fully saturated rings. The lowest BCUT2D eigenvalue weighted by Gasteiger charge is -2.38. The van der Waals surface area contributed by atoms with Crippen molar-refractivity contribution in [3.63, 3.8) is 0 Å². The van der Waals surface area contributed by atoms with Gasteiger partial charge in [0.15, 0.2) is 0 Å². The van der Waals surface area contributed by atoms with Crippen LogP contribution in [-0.2, 0) is 0 Å². The first kappa shape index (κ1) is 16.1. The lowest BCUT2D eigenvalue weighted by atomic mass is 9.95. The summed E-state index contributed by atoms with van der Waals surface area (Å²) in [6.07, 6.45) is 0.453. The van der Waals surface area contributed by atoms with Gasteiger partial charge in [0.25, 0.3) is 0 Å². The van der Waals surface area contributed by atoms with E-state index in [2.05, 4.69) is 37.3 Å². The highest BCUT2D eigenvalue weighted by atomic mass is 19.1. The number of halogens is 1. The molecular weight excluding hydrogens is 339 g/mol. The number of para-hydroxylation sites is 1. The Balaban J connectivity index is 1.58. The van der Waals surface area contributed by atoms with Crippen molar-refractivity contribution in [1.29, 1.82) is 0 Å². The van der Waals surface area contributed by atoms with E-state index in [1.807, 2.05) is 23.2 Å². The first-order valence-corrected chi connectivity index (χ1v) is 9.13. The number of benzene rings is 3. The van der Waals surface area contributed by atoms with Crippen molar-refractivity contribution in [2.24, 2.45) is 5.10 Å². The Morgan fingerprint density at radius 2 is 1.70 bits per heavy atom. The van der Waals surface area contributed by atoms with E-state index in [4.69, 9.17) is 9.84 Å². The first-order chi connectivity index (χ1) is 13.2. The summed E-state index contributed by atoms with van der Waals surface area (Å²) in [7, 11) is 0. The van der Waals surface area contributed by atoms with E-state index in [9.17, 15) is 4.39 Å². The molecule has 3 nitrogen and oxygen atoms in total. The number of aryl methyl sites for hydroxylation is 1. The third kappa shape index (κ3) is 2.78. The topological polar surface area (TPSA) is 24.8 Å². The van der Waals surface area contributed by atoms with Gasteiger partial charge < -0.3 is 4.74 Å². The molecule has 0 unspecified atom stereocenters. The van der Waals surface area contributed by atoms with Crippen molar-refractivity contribution in [3.8, 4) is 5.75 Å². The highest BCUT2D eigenvalue weighted by molar-refractivity contribution is 6.02. The molecule has 2 aliphatic rings. The third-order valence-corrected chi connectivity index (χ3v) is 5.24. The Morgan fingerprint density at radius 3 is 2.48 bits per heavy atom. The van der Waals surface area contributed by atoms with Crippen LogP contribution in [0.2, 0.25) is 0 Å². The summed E-state index contributed by atoms with van der Waals surface area (Å²) in [6.45, 7) is 2.08. The third-order valence-electron chi connectivity index (χ3n) is 5.24. The molecule has 3 aromatic rings. The van der Waals surface area contributed by atoms with E-state index < -0.39 is 0 Å². The zero-order valence-corrected chi connectivity index (χ0v) is 15.0. The minimum Gasteiger partial charge on any atom is -0.464 e. The van der Waals surface area contributed by atoms with E-state index in [1.165, 1.54) is 17.7 Å². The zero-order chi connectivity index (χ0) is 18.4. The first-order valence-electron chi connectivity index (χ1n) is 9.13. The second kappa shape index (κ2) is 6.23. The Hall–Kier alpha value is -3.14. The molecule has 0 aliphatic carbocycles. The Morgan fingerprint density at radius 1 is 0.963 bits per heavy atom. The van der Waals surface area contributed by atoms with Gasteiger partial charge in [-0.25, -0.2) is 9.40 Å². The van der Waals surface area contributed by atoms with Gasteiger partial charge in [-0.05, 0) is 30.7 Å². The normalized spacial score (nSPS) is 20.5. The average Bonchev–Trinajstić information content (AvgIpc) is 3.14. The SMILES string of the molecule is Cc1ccc(C2=NN3[C@@H](c4ccc(F)cc4)Oc4ccccc4[C@@H]3C2)cc1. The molecule has 0 N–H and O–H groups in total. The lowest BCUT2D eigenvalue weighted by molar-refractivity contribution is -0.0190. The molecule has 0 radical (unpaired) electrons. The molecule has 0 saturated heterocycles. The molecule has 27 heavy (non-hydrogen) atoms. The maximum Gasteiger partial charge on any atom is 0.213 e. The van der Waals surface area contributed by atoms with Crippen LogP contribution in [0.15, 0.2) is 77.9 Å². The van der Waals surface area contributed by atoms with Gasteiger partial charge in [-0.2, -0.15) is 5.10 Å². The predicted molar refractivity (Wildman–Crippen MR) is 103 cm³/mol. The molecule has 0 aromatic heterocycles. The van der Waals surface area contributed by atoms with Crippen LogP contribution in [0.5, 0.6) is 5.75 Å². The van der Waals surface area contributed by atoms with Gasteiger partial charge in [0.2, 0.25) is 6.23 Å². The Labute approximate surface area is 157 Å². The molecule has 134 valence electrons. The fourth-order valence-electron chi connectivity index (χ4n) is 3.80. The highest BCUT2D eigenvalue weighted by Crippen LogP contribution is 2.47. The summed E-state index contributed by atoms with van der Waals surface area (Å²) < 4.78 is 19.7. The van der Waals surface area contributed by atoms with Crippen molar-refractivity contribution in [1.82, 2.24) is 5.01 Å². The van der Waals surface area contributed by atoms with Gasteiger partial charge in [0, 0.05) is 17.5 Å². The molecule has 0 spiro atoms. The van der Waals surface area contributed by atoms with Crippen LogP contribution in [0.1, 0.15) is 40.9 Å². The molecule has 2 atom stereocenters. The van der Waals surface area contributed by atoms with Crippen molar-refractivity contribution in [3.05, 3.63) is 101 Å². The number of hydrogen-bond donors (Lipinski definition) is 0. The van der Waals surface area contributed by atoms with Gasteiger partial charge in [-0.1, -0.05) is 60.2 Å². The summed E-state index contributed by atoms with van der Waals surface area (Å²) in [5, 5.41) is 6.94. The summed E-state index contributed by atoms with van der Waals surface area (Å²) in [6, 6.07) is 23.1. The van der Waals surface area contributed by atoms with Crippen LogP contribution < -0.4 is 4.74 Å². The molecular formula is C23H19FN2O. The number of hydrogen-bond acceptors (Lipinski definition) is 3. The van der Waals surface area contributed by atoms with E-state index in [1.54, 1.807) is 12.1 Å². The van der Waals surface area contributed by atoms with E-state index in [0.29, 0.717) is 0 Å². The average molecular weight is 358 g/mol. The number of nitrogens with zero attached hydrogens (tertiary/aromatic N) is 2. The lowest BCUT2D eigenvalue weighted by Crippen LogP contribution is -2.33. The Kier molecular flexibility index (Phi) is 3.71. The second-order valence-corrected chi connectivity index (χ2v) is 7.07. The number of rotatable bonds is 2. The molecule has 0 bridgehead atoms. The molecule has 0 amide bonds. The van der Waals surface area contributed by atoms with Crippen LogP contribution in [0.25, 0.3) is 0 Å². The van der Waals surface area contributed by atoms with Gasteiger partial charge in [0.1, 0.15) is 11.6 Å². The van der Waals surface area contributed by atoms with Crippen LogP contribution in [0.4, 0.5) is 4.39 Å². The van der Waals surface area contributed by atoms with Gasteiger partial charge in [-0.3, -0.25) is 0 Å². The van der Waals surface area contributed by atoms with Crippen molar-refractivity contribution >= 4 is 5.71 Å². The standard InChI is InChI=1S/C23H19FN2O/c1-15-6-8-16(9-7-15)20-14-21-19-4-2-3-5-22(19)27-23(26(21)25-20)17-10-12-18(24)13-11-17/h2-13,21,23H,14H2,1H3/t21-,23+/m0/s1. The van der Waals surface area contributed by atoms with Gasteiger partial charge in [-0.15, -0.1) is 0 Å². The Bertz CT molecular complexity index is 1010. The fraction of sp³-hybridized carbons (Fsp3) is 0.174. The predicted octanol–water partition coefficient (Wildman–Crippen LogP) is 5.38. The molecule has 5 rings (SSSR count). The maximum absolute atomic E-state index is 13.4. The number of fused-ring (bicyclic) bond motifs is 3. The molecule has 2 aliphatic heterocycles. The summed E-state index contributed by atoms with van der Waals surface area (Å²) in [5.41, 5.74) is 5.44. The minimum absolute atomic E-state index is 0.112. The molecule has 3 aromatic carbocycles. The second-order valence-electron chi connectivity index (χ2n) is 7.07. The van der Waals surface area contributed by atoms with Crippen LogP contribution >= 0.6 is 0 Å². The minimum atomic E-state index is -0.367. The molecule has 0 saturated carbocycles. The largest absolute Gasteiger partial charge is 0.464 e. The van der Waals surface area contributed by atoms with Crippen molar-refractivity contribution in [2.45, 2.75) is 25.6 Å². The zero-order valence-electron chi connectivity index (χ0n) is 15.0. The van der Waals surface area contributed by atoms with Crippen LogP contribution in [-0.4, -0.2) is 10.7 Å². The quantitative estimate of drug-likeness (QED) is 0.615. The molecule has 2 heterocycles. The van der Waals surface area contributed by atoms with Crippen LogP contribution in [0.3, 0.4) is 0 Å². The molecule has 4 heteroatoms. The summed E-state index contributed by atoms with van der Waals surface area (Å²) in [4.78, 5) is 0. The monoisotopic (exact) mass is 358 g/mol. The van der Waals surface area contributed by atoms with Gasteiger partial charge in [0.05, 0.1) is 11.8 Å².